The Morgan fingerprint density at radius 2 is 2.00 bits per heavy atom. The second-order valence-corrected chi connectivity index (χ2v) is 6.96. The summed E-state index contributed by atoms with van der Waals surface area (Å²) >= 11 is 12.0. The molecule has 0 spiro atoms. The zero-order chi connectivity index (χ0) is 15.9. The van der Waals surface area contributed by atoms with Crippen LogP contribution in [0.3, 0.4) is 0 Å². The number of amides is 2. The number of likely N-dealkylation sites (tertiary alicyclic amines) is 1. The molecule has 22 heavy (non-hydrogen) atoms. The van der Waals surface area contributed by atoms with E-state index in [1.165, 1.54) is 0 Å². The minimum Gasteiger partial charge on any atom is -0.369 e. The topological polar surface area (TPSA) is 63.4 Å². The molecule has 2 N–H and O–H groups in total. The van der Waals surface area contributed by atoms with Gasteiger partial charge in [-0.3, -0.25) is 9.59 Å². The maximum atomic E-state index is 12.6. The first kappa shape index (κ1) is 15.6. The quantitative estimate of drug-likeness (QED) is 0.919. The lowest BCUT2D eigenvalue weighted by molar-refractivity contribution is -0.136. The predicted molar refractivity (Wildman–Crippen MR) is 85.8 cm³/mol. The van der Waals surface area contributed by atoms with Crippen molar-refractivity contribution in [2.45, 2.75) is 25.2 Å². The van der Waals surface area contributed by atoms with Crippen LogP contribution < -0.4 is 5.73 Å². The minimum atomic E-state index is -0.311. The Bertz CT molecular complexity index is 620. The molecular formula is C16H18Cl2N2O2. The number of rotatable bonds is 3. The lowest BCUT2D eigenvalue weighted by Gasteiger charge is -2.31. The Kier molecular flexibility index (Phi) is 4.33. The van der Waals surface area contributed by atoms with Gasteiger partial charge in [0.15, 0.2) is 0 Å². The van der Waals surface area contributed by atoms with E-state index in [-0.39, 0.29) is 29.6 Å². The molecule has 4 nitrogen and oxygen atoms in total. The van der Waals surface area contributed by atoms with Crippen molar-refractivity contribution in [2.75, 3.05) is 13.1 Å². The molecule has 0 radical (unpaired) electrons. The largest absolute Gasteiger partial charge is 0.369 e. The zero-order valence-corrected chi connectivity index (χ0v) is 13.6. The summed E-state index contributed by atoms with van der Waals surface area (Å²) < 4.78 is 0. The summed E-state index contributed by atoms with van der Waals surface area (Å²) in [6, 6.07) is 5.53. The molecule has 1 aromatic carbocycles. The third-order valence-corrected chi connectivity index (χ3v) is 5.35. The average molecular weight is 341 g/mol. The standard InChI is InChI=1S/C16H18Cl2N2O2/c17-13-4-3-9(6-14(13)18)11-7-12(11)16(22)20-5-1-2-10(8-20)15(19)21/h3-4,6,10-12H,1-2,5,7-8H2,(H2,19,21)/t10-,11+,12-/m1/s1. The van der Waals surface area contributed by atoms with E-state index in [4.69, 9.17) is 28.9 Å². The zero-order valence-electron chi connectivity index (χ0n) is 12.1. The highest BCUT2D eigenvalue weighted by Crippen LogP contribution is 2.49. The van der Waals surface area contributed by atoms with Gasteiger partial charge in [-0.15, -0.1) is 0 Å². The molecule has 1 heterocycles. The van der Waals surface area contributed by atoms with Crippen LogP contribution in [0.25, 0.3) is 0 Å². The van der Waals surface area contributed by atoms with Gasteiger partial charge < -0.3 is 10.6 Å². The van der Waals surface area contributed by atoms with E-state index in [0.717, 1.165) is 24.8 Å². The van der Waals surface area contributed by atoms with Crippen LogP contribution in [0.15, 0.2) is 18.2 Å². The fourth-order valence-electron chi connectivity index (χ4n) is 3.22. The van der Waals surface area contributed by atoms with Crippen molar-refractivity contribution < 1.29 is 9.59 Å². The second-order valence-electron chi connectivity index (χ2n) is 6.15. The summed E-state index contributed by atoms with van der Waals surface area (Å²) in [5.41, 5.74) is 6.42. The Balaban J connectivity index is 1.65. The van der Waals surface area contributed by atoms with Crippen LogP contribution in [-0.4, -0.2) is 29.8 Å². The molecule has 3 rings (SSSR count). The molecule has 118 valence electrons. The number of piperidine rings is 1. The first-order valence-electron chi connectivity index (χ1n) is 7.50. The summed E-state index contributed by atoms with van der Waals surface area (Å²) in [7, 11) is 0. The molecule has 1 saturated heterocycles. The van der Waals surface area contributed by atoms with Gasteiger partial charge in [0, 0.05) is 19.0 Å². The van der Waals surface area contributed by atoms with Gasteiger partial charge in [-0.05, 0) is 42.9 Å². The van der Waals surface area contributed by atoms with Gasteiger partial charge in [-0.25, -0.2) is 0 Å². The van der Waals surface area contributed by atoms with E-state index < -0.39 is 0 Å². The van der Waals surface area contributed by atoms with E-state index in [9.17, 15) is 9.59 Å². The highest BCUT2D eigenvalue weighted by atomic mass is 35.5. The number of carbonyl (C=O) groups is 2. The molecule has 0 bridgehead atoms. The minimum absolute atomic E-state index is 0.0103. The van der Waals surface area contributed by atoms with E-state index in [1.54, 1.807) is 11.0 Å². The smallest absolute Gasteiger partial charge is 0.226 e. The van der Waals surface area contributed by atoms with Gasteiger partial charge in [0.05, 0.1) is 16.0 Å². The van der Waals surface area contributed by atoms with Crippen molar-refractivity contribution in [3.05, 3.63) is 33.8 Å². The van der Waals surface area contributed by atoms with E-state index in [0.29, 0.717) is 23.1 Å². The van der Waals surface area contributed by atoms with Crippen molar-refractivity contribution in [1.82, 2.24) is 4.90 Å². The summed E-state index contributed by atoms with van der Waals surface area (Å²) in [4.78, 5) is 25.7. The van der Waals surface area contributed by atoms with E-state index in [1.807, 2.05) is 12.1 Å². The molecule has 1 aliphatic carbocycles. The van der Waals surface area contributed by atoms with Crippen molar-refractivity contribution in [3.8, 4) is 0 Å². The first-order chi connectivity index (χ1) is 10.5. The van der Waals surface area contributed by atoms with Crippen molar-refractivity contribution in [1.29, 1.82) is 0 Å². The summed E-state index contributed by atoms with van der Waals surface area (Å²) in [6.07, 6.45) is 2.44. The highest BCUT2D eigenvalue weighted by molar-refractivity contribution is 6.42. The predicted octanol–water partition coefficient (Wildman–Crippen LogP) is 2.82. The number of nitrogens with zero attached hydrogens (tertiary/aromatic N) is 1. The normalized spacial score (nSPS) is 27.5. The van der Waals surface area contributed by atoms with Gasteiger partial charge in [-0.1, -0.05) is 29.3 Å². The van der Waals surface area contributed by atoms with Gasteiger partial charge in [0.2, 0.25) is 11.8 Å². The molecule has 0 aromatic heterocycles. The van der Waals surface area contributed by atoms with Crippen molar-refractivity contribution >= 4 is 35.0 Å². The van der Waals surface area contributed by atoms with Crippen LogP contribution in [0.5, 0.6) is 0 Å². The molecule has 2 amide bonds. The molecule has 1 aliphatic heterocycles. The van der Waals surface area contributed by atoms with Crippen LogP contribution in [-0.2, 0) is 9.59 Å². The third-order valence-electron chi connectivity index (χ3n) is 4.61. The Morgan fingerprint density at radius 3 is 2.68 bits per heavy atom. The molecule has 6 heteroatoms. The Morgan fingerprint density at radius 1 is 1.23 bits per heavy atom. The van der Waals surface area contributed by atoms with E-state index in [2.05, 4.69) is 0 Å². The maximum absolute atomic E-state index is 12.6. The molecule has 2 aliphatic rings. The lowest BCUT2D eigenvalue weighted by atomic mass is 9.97. The molecule has 1 saturated carbocycles. The van der Waals surface area contributed by atoms with E-state index >= 15 is 0 Å². The van der Waals surface area contributed by atoms with Crippen LogP contribution in [0.4, 0.5) is 0 Å². The third kappa shape index (κ3) is 3.08. The molecule has 3 atom stereocenters. The molecule has 0 unspecified atom stereocenters. The summed E-state index contributed by atoms with van der Waals surface area (Å²) in [5.74, 6) is -0.198. The van der Waals surface area contributed by atoms with Crippen LogP contribution >= 0.6 is 23.2 Å². The molecule has 2 fully saturated rings. The van der Waals surface area contributed by atoms with Gasteiger partial charge >= 0.3 is 0 Å². The number of halogens is 2. The summed E-state index contributed by atoms with van der Waals surface area (Å²) in [6.45, 7) is 1.17. The fraction of sp³-hybridized carbons (Fsp3) is 0.500. The monoisotopic (exact) mass is 340 g/mol. The number of benzene rings is 1. The average Bonchev–Trinajstić information content (AvgIpc) is 3.30. The number of nitrogens with two attached hydrogens (primary N) is 1. The molecule has 1 aromatic rings. The first-order valence-corrected chi connectivity index (χ1v) is 8.26. The number of hydrogen-bond acceptors (Lipinski definition) is 2. The second kappa shape index (κ2) is 6.09. The number of carbonyl (C=O) groups excluding carboxylic acids is 2. The van der Waals surface area contributed by atoms with Crippen molar-refractivity contribution in [2.24, 2.45) is 17.6 Å². The van der Waals surface area contributed by atoms with Gasteiger partial charge in [0.1, 0.15) is 0 Å². The van der Waals surface area contributed by atoms with Crippen LogP contribution in [0.2, 0.25) is 10.0 Å². The Hall–Kier alpha value is -1.26. The van der Waals surface area contributed by atoms with Gasteiger partial charge in [-0.2, -0.15) is 0 Å². The van der Waals surface area contributed by atoms with Crippen LogP contribution in [0.1, 0.15) is 30.7 Å². The van der Waals surface area contributed by atoms with Crippen molar-refractivity contribution in [3.63, 3.8) is 0 Å². The summed E-state index contributed by atoms with van der Waals surface area (Å²) in [5, 5.41) is 1.04. The highest BCUT2D eigenvalue weighted by Gasteiger charge is 2.46. The molecular weight excluding hydrogens is 323 g/mol. The SMILES string of the molecule is NC(=O)[C@@H]1CCCN(C(=O)[C@@H]2C[C@H]2c2ccc(Cl)c(Cl)c2)C1. The number of hydrogen-bond donors (Lipinski definition) is 1. The lowest BCUT2D eigenvalue weighted by Crippen LogP contribution is -2.44. The number of primary amides is 1. The maximum Gasteiger partial charge on any atom is 0.226 e. The van der Waals surface area contributed by atoms with Gasteiger partial charge in [0.25, 0.3) is 0 Å². The fourth-order valence-corrected chi connectivity index (χ4v) is 3.53. The Labute approximate surface area is 139 Å². The van der Waals surface area contributed by atoms with Crippen LogP contribution in [0, 0.1) is 11.8 Å².